The topological polar surface area (TPSA) is 60.0 Å². The van der Waals surface area contributed by atoms with Crippen molar-refractivity contribution >= 4 is 12.4 Å². The second kappa shape index (κ2) is 9.24. The Labute approximate surface area is 160 Å². The van der Waals surface area contributed by atoms with E-state index in [-0.39, 0.29) is 18.5 Å². The molecule has 0 amide bonds. The Balaban J connectivity index is 0.00000243. The number of halogens is 1. The standard InChI is InChI=1S/C20H25NO4.ClH/c1-23-17-8-9-18(24-2)15(12-17)13-20(22,16-6-4-3-5-7-16)19-14-21-10-11-25-19;/h3-9,12,19,21-22H,10-11,13-14H2,1-2H3;1H. The summed E-state index contributed by atoms with van der Waals surface area (Å²) in [4.78, 5) is 0. The Morgan fingerprint density at radius 3 is 2.54 bits per heavy atom. The molecule has 3 rings (SSSR count). The molecule has 1 saturated heterocycles. The normalized spacial score (nSPS) is 19.1. The zero-order valence-electron chi connectivity index (χ0n) is 15.1. The van der Waals surface area contributed by atoms with Gasteiger partial charge in [0, 0.05) is 25.1 Å². The zero-order valence-corrected chi connectivity index (χ0v) is 15.9. The molecule has 1 heterocycles. The van der Waals surface area contributed by atoms with Gasteiger partial charge in [0.1, 0.15) is 23.2 Å². The lowest BCUT2D eigenvalue weighted by atomic mass is 9.81. The lowest BCUT2D eigenvalue weighted by molar-refractivity contribution is -0.124. The highest BCUT2D eigenvalue weighted by Crippen LogP contribution is 2.36. The van der Waals surface area contributed by atoms with Gasteiger partial charge in [-0.3, -0.25) is 0 Å². The number of benzene rings is 2. The third kappa shape index (κ3) is 4.30. The second-order valence-corrected chi connectivity index (χ2v) is 6.21. The van der Waals surface area contributed by atoms with E-state index in [2.05, 4.69) is 5.32 Å². The van der Waals surface area contributed by atoms with Crippen LogP contribution in [0.1, 0.15) is 11.1 Å². The zero-order chi connectivity index (χ0) is 17.7. The third-order valence-electron chi connectivity index (χ3n) is 4.68. The first kappa shape index (κ1) is 20.5. The van der Waals surface area contributed by atoms with E-state index in [1.165, 1.54) is 0 Å². The molecule has 0 saturated carbocycles. The van der Waals surface area contributed by atoms with Crippen molar-refractivity contribution in [2.75, 3.05) is 33.9 Å². The summed E-state index contributed by atoms with van der Waals surface area (Å²) in [5, 5.41) is 15.0. The number of rotatable bonds is 6. The Bertz CT molecular complexity index is 691. The molecule has 2 aromatic rings. The van der Waals surface area contributed by atoms with Crippen LogP contribution < -0.4 is 14.8 Å². The van der Waals surface area contributed by atoms with Gasteiger partial charge in [-0.15, -0.1) is 12.4 Å². The molecular formula is C20H26ClNO4. The molecule has 0 bridgehead atoms. The van der Waals surface area contributed by atoms with Crippen molar-refractivity contribution < 1.29 is 19.3 Å². The molecule has 1 fully saturated rings. The first-order valence-electron chi connectivity index (χ1n) is 8.48. The Hall–Kier alpha value is -1.79. The van der Waals surface area contributed by atoms with Crippen molar-refractivity contribution in [1.29, 1.82) is 0 Å². The van der Waals surface area contributed by atoms with Crippen molar-refractivity contribution in [2.45, 2.75) is 18.1 Å². The summed E-state index contributed by atoms with van der Waals surface area (Å²) in [6, 6.07) is 15.3. The lowest BCUT2D eigenvalue weighted by Crippen LogP contribution is -2.52. The third-order valence-corrected chi connectivity index (χ3v) is 4.68. The molecule has 0 aromatic heterocycles. The Morgan fingerprint density at radius 2 is 1.92 bits per heavy atom. The van der Waals surface area contributed by atoms with Gasteiger partial charge in [0.25, 0.3) is 0 Å². The number of ether oxygens (including phenoxy) is 3. The quantitative estimate of drug-likeness (QED) is 0.807. The first-order valence-corrected chi connectivity index (χ1v) is 8.48. The van der Waals surface area contributed by atoms with Crippen LogP contribution in [0.25, 0.3) is 0 Å². The molecule has 26 heavy (non-hydrogen) atoms. The highest BCUT2D eigenvalue weighted by atomic mass is 35.5. The maximum atomic E-state index is 11.7. The summed E-state index contributed by atoms with van der Waals surface area (Å²) in [7, 11) is 3.26. The van der Waals surface area contributed by atoms with E-state index in [9.17, 15) is 5.11 Å². The smallest absolute Gasteiger partial charge is 0.122 e. The maximum Gasteiger partial charge on any atom is 0.122 e. The number of methoxy groups -OCH3 is 2. The average molecular weight is 380 g/mol. The Morgan fingerprint density at radius 1 is 1.15 bits per heavy atom. The SMILES string of the molecule is COc1ccc(OC)c(CC(O)(c2ccccc2)C2CNCCO2)c1.Cl. The van der Waals surface area contributed by atoms with E-state index in [0.717, 1.165) is 29.2 Å². The van der Waals surface area contributed by atoms with Crippen LogP contribution in [-0.2, 0) is 16.8 Å². The molecule has 142 valence electrons. The Kier molecular flexibility index (Phi) is 7.29. The van der Waals surface area contributed by atoms with Gasteiger partial charge >= 0.3 is 0 Å². The van der Waals surface area contributed by atoms with Crippen LogP contribution in [0.5, 0.6) is 11.5 Å². The largest absolute Gasteiger partial charge is 0.497 e. The predicted molar refractivity (Wildman–Crippen MR) is 103 cm³/mol. The van der Waals surface area contributed by atoms with Gasteiger partial charge in [-0.1, -0.05) is 30.3 Å². The number of morpholine rings is 1. The molecule has 0 spiro atoms. The summed E-state index contributed by atoms with van der Waals surface area (Å²) in [5.41, 5.74) is 0.532. The van der Waals surface area contributed by atoms with Crippen molar-refractivity contribution in [3.05, 3.63) is 59.7 Å². The molecule has 0 aliphatic carbocycles. The lowest BCUT2D eigenvalue weighted by Gasteiger charge is -2.39. The average Bonchev–Trinajstić information content (AvgIpc) is 2.69. The highest BCUT2D eigenvalue weighted by molar-refractivity contribution is 5.85. The summed E-state index contributed by atoms with van der Waals surface area (Å²) < 4.78 is 16.7. The van der Waals surface area contributed by atoms with Gasteiger partial charge < -0.3 is 24.6 Å². The molecular weight excluding hydrogens is 354 g/mol. The van der Waals surface area contributed by atoms with Crippen LogP contribution in [0.15, 0.2) is 48.5 Å². The van der Waals surface area contributed by atoms with E-state index in [1.54, 1.807) is 14.2 Å². The minimum Gasteiger partial charge on any atom is -0.497 e. The fraction of sp³-hybridized carbons (Fsp3) is 0.400. The van der Waals surface area contributed by atoms with Crippen molar-refractivity contribution in [1.82, 2.24) is 5.32 Å². The highest BCUT2D eigenvalue weighted by Gasteiger charge is 2.41. The molecule has 6 heteroatoms. The van der Waals surface area contributed by atoms with Crippen LogP contribution in [0.2, 0.25) is 0 Å². The van der Waals surface area contributed by atoms with Gasteiger partial charge in [-0.05, 0) is 23.8 Å². The van der Waals surface area contributed by atoms with E-state index in [0.29, 0.717) is 19.6 Å². The molecule has 2 aromatic carbocycles. The van der Waals surface area contributed by atoms with Gasteiger partial charge in [0.2, 0.25) is 0 Å². The number of hydrogen-bond acceptors (Lipinski definition) is 5. The molecule has 5 nitrogen and oxygen atoms in total. The van der Waals surface area contributed by atoms with Crippen molar-refractivity contribution in [3.63, 3.8) is 0 Å². The summed E-state index contributed by atoms with van der Waals surface area (Å²) in [6.07, 6.45) is 0.0172. The monoisotopic (exact) mass is 379 g/mol. The van der Waals surface area contributed by atoms with E-state index in [1.807, 2.05) is 48.5 Å². The van der Waals surface area contributed by atoms with Gasteiger partial charge in [0.15, 0.2) is 0 Å². The van der Waals surface area contributed by atoms with E-state index < -0.39 is 5.60 Å². The fourth-order valence-corrected chi connectivity index (χ4v) is 3.31. The van der Waals surface area contributed by atoms with Crippen molar-refractivity contribution in [2.24, 2.45) is 0 Å². The van der Waals surface area contributed by atoms with Gasteiger partial charge in [-0.25, -0.2) is 0 Å². The molecule has 1 aliphatic rings. The molecule has 2 unspecified atom stereocenters. The minimum atomic E-state index is -1.17. The van der Waals surface area contributed by atoms with Gasteiger partial charge in [0.05, 0.1) is 20.8 Å². The van der Waals surface area contributed by atoms with E-state index >= 15 is 0 Å². The van der Waals surface area contributed by atoms with Crippen LogP contribution in [0.4, 0.5) is 0 Å². The van der Waals surface area contributed by atoms with Crippen LogP contribution in [0, 0.1) is 0 Å². The number of hydrogen-bond donors (Lipinski definition) is 2. The summed E-state index contributed by atoms with van der Waals surface area (Å²) in [5.74, 6) is 1.45. The van der Waals surface area contributed by atoms with Crippen molar-refractivity contribution in [3.8, 4) is 11.5 Å². The molecule has 1 aliphatic heterocycles. The molecule has 2 N–H and O–H groups in total. The molecule has 0 radical (unpaired) electrons. The predicted octanol–water partition coefficient (Wildman–Crippen LogP) is 2.54. The number of nitrogens with one attached hydrogen (secondary N) is 1. The van der Waals surface area contributed by atoms with Gasteiger partial charge in [-0.2, -0.15) is 0 Å². The molecule has 2 atom stereocenters. The first-order chi connectivity index (χ1) is 12.2. The second-order valence-electron chi connectivity index (χ2n) is 6.21. The van der Waals surface area contributed by atoms with Crippen LogP contribution in [0.3, 0.4) is 0 Å². The summed E-state index contributed by atoms with van der Waals surface area (Å²) >= 11 is 0. The summed E-state index contributed by atoms with van der Waals surface area (Å²) in [6.45, 7) is 1.97. The fourth-order valence-electron chi connectivity index (χ4n) is 3.31. The van der Waals surface area contributed by atoms with E-state index in [4.69, 9.17) is 14.2 Å². The number of aliphatic hydroxyl groups is 1. The maximum absolute atomic E-state index is 11.7. The minimum absolute atomic E-state index is 0. The van der Waals surface area contributed by atoms with Crippen LogP contribution in [-0.4, -0.2) is 45.1 Å². The van der Waals surface area contributed by atoms with Crippen LogP contribution >= 0.6 is 12.4 Å².